The number of pyridine rings is 1. The Labute approximate surface area is 201 Å². The molecule has 0 bridgehead atoms. The molecule has 1 aliphatic heterocycles. The van der Waals surface area contributed by atoms with Crippen LogP contribution in [-0.4, -0.2) is 4.98 Å². The van der Waals surface area contributed by atoms with Crippen molar-refractivity contribution in [2.45, 2.75) is 95.9 Å². The molecule has 0 amide bonds. The molecule has 0 unspecified atom stereocenters. The van der Waals surface area contributed by atoms with Crippen LogP contribution in [0.1, 0.15) is 101 Å². The van der Waals surface area contributed by atoms with Crippen molar-refractivity contribution < 1.29 is 0 Å². The van der Waals surface area contributed by atoms with Gasteiger partial charge in [0, 0.05) is 23.3 Å². The lowest BCUT2D eigenvalue weighted by molar-refractivity contribution is 1.09. The second-order valence-electron chi connectivity index (χ2n) is 5.00. The second kappa shape index (κ2) is 33.1. The van der Waals surface area contributed by atoms with Gasteiger partial charge in [-0.2, -0.15) is 0 Å². The topological polar surface area (TPSA) is 24.9 Å². The number of allylic oxidation sites excluding steroid dienone is 4. The zero-order valence-electron chi connectivity index (χ0n) is 23.2. The fourth-order valence-corrected chi connectivity index (χ4v) is 2.07. The first kappa shape index (κ1) is 36.8. The molecule has 1 N–H and O–H groups in total. The predicted octanol–water partition coefficient (Wildman–Crippen LogP) is 10.8. The van der Waals surface area contributed by atoms with Gasteiger partial charge in [0.25, 0.3) is 0 Å². The zero-order valence-corrected chi connectivity index (χ0v) is 23.2. The number of hydrogen-bond acceptors (Lipinski definition) is 2. The third-order valence-electron chi connectivity index (χ3n) is 3.00. The van der Waals surface area contributed by atoms with E-state index < -0.39 is 0 Å². The van der Waals surface area contributed by atoms with E-state index in [2.05, 4.69) is 72.4 Å². The van der Waals surface area contributed by atoms with Crippen molar-refractivity contribution >= 4 is 22.7 Å². The first-order valence-electron chi connectivity index (χ1n) is 12.7. The highest BCUT2D eigenvalue weighted by Crippen LogP contribution is 2.27. The van der Waals surface area contributed by atoms with Crippen LogP contribution in [0.2, 0.25) is 0 Å². The fourth-order valence-electron chi connectivity index (χ4n) is 2.07. The standard InChI is InChI=1S/C12H8N2.C5H6.C3H8.5C2H6/c1-3-9-5-6-10-4-2-8-14-12(10)11(9)13-7-1;1-2-4-5-3-1;1-3-2;5*1-2/h1,3-8,14H;1-4H,5H2;3H2,1-2H3;5*1-2H3. The number of hydrogen-bond donors (Lipinski definition) is 1. The van der Waals surface area contributed by atoms with Crippen molar-refractivity contribution in [1.82, 2.24) is 4.98 Å². The highest BCUT2D eigenvalue weighted by atomic mass is 14.9. The van der Waals surface area contributed by atoms with Crippen LogP contribution in [0.15, 0.2) is 66.7 Å². The third-order valence-corrected chi connectivity index (χ3v) is 3.00. The van der Waals surface area contributed by atoms with Gasteiger partial charge < -0.3 is 5.32 Å². The Bertz CT molecular complexity index is 724. The summed E-state index contributed by atoms with van der Waals surface area (Å²) in [5.74, 6) is 0. The molecule has 2 aliphatic rings. The molecule has 2 nitrogen and oxygen atoms in total. The van der Waals surface area contributed by atoms with Gasteiger partial charge >= 0.3 is 0 Å². The van der Waals surface area contributed by atoms with E-state index in [4.69, 9.17) is 0 Å². The summed E-state index contributed by atoms with van der Waals surface area (Å²) in [6, 6.07) is 8.16. The summed E-state index contributed by atoms with van der Waals surface area (Å²) in [6.45, 7) is 24.2. The third kappa shape index (κ3) is 17.1. The lowest BCUT2D eigenvalue weighted by Gasteiger charge is -2.10. The van der Waals surface area contributed by atoms with Gasteiger partial charge in [0.2, 0.25) is 0 Å². The average Bonchev–Trinajstić information content (AvgIpc) is 3.51. The number of aromatic nitrogens is 1. The SMILES string of the molecule is C1=CCC=C1.C1=CNc2c(ccc3cccnc23)C=1.CC.CC.CC.CC.CC.CCC. The Morgan fingerprint density at radius 1 is 0.812 bits per heavy atom. The summed E-state index contributed by atoms with van der Waals surface area (Å²) in [4.78, 5) is 4.36. The largest absolute Gasteiger partial charge is 0.353 e. The van der Waals surface area contributed by atoms with Crippen LogP contribution < -0.4 is 5.32 Å². The lowest BCUT2D eigenvalue weighted by Crippen LogP contribution is -1.95. The van der Waals surface area contributed by atoms with Gasteiger partial charge in [-0.15, -0.1) is 5.73 Å². The fraction of sp³-hybridized carbons (Fsp3) is 0.467. The van der Waals surface area contributed by atoms with Crippen LogP contribution >= 0.6 is 0 Å². The molecule has 0 saturated carbocycles. The molecule has 0 saturated heterocycles. The van der Waals surface area contributed by atoms with Crippen LogP contribution in [0.25, 0.3) is 17.0 Å². The van der Waals surface area contributed by atoms with E-state index >= 15 is 0 Å². The molecular formula is C30H52N2. The van der Waals surface area contributed by atoms with Crippen LogP contribution in [0.5, 0.6) is 0 Å². The van der Waals surface area contributed by atoms with E-state index in [9.17, 15) is 0 Å². The molecule has 182 valence electrons. The van der Waals surface area contributed by atoms with Crippen LogP contribution in [0, 0.1) is 0 Å². The molecule has 32 heavy (non-hydrogen) atoms. The van der Waals surface area contributed by atoms with Gasteiger partial charge in [0.05, 0.1) is 11.2 Å². The molecule has 0 fully saturated rings. The normalized spacial score (nSPS) is 9.75. The molecule has 0 radical (unpaired) electrons. The monoisotopic (exact) mass is 440 g/mol. The Balaban J connectivity index is -0.000000183. The molecule has 0 spiro atoms. The minimum absolute atomic E-state index is 1.01. The van der Waals surface area contributed by atoms with Crippen molar-refractivity contribution in [3.63, 3.8) is 0 Å². The number of benzene rings is 1. The molecular weight excluding hydrogens is 388 g/mol. The molecule has 4 rings (SSSR count). The minimum Gasteiger partial charge on any atom is -0.353 e. The molecule has 2 heterocycles. The summed E-state index contributed by atoms with van der Waals surface area (Å²) >= 11 is 0. The Hall–Kier alpha value is -2.57. The number of rotatable bonds is 0. The van der Waals surface area contributed by atoms with E-state index in [-0.39, 0.29) is 0 Å². The van der Waals surface area contributed by atoms with Crippen molar-refractivity contribution in [2.24, 2.45) is 0 Å². The average molecular weight is 441 g/mol. The molecule has 2 aromatic rings. The van der Waals surface area contributed by atoms with Crippen LogP contribution in [0.4, 0.5) is 5.69 Å². The van der Waals surface area contributed by atoms with E-state index in [0.717, 1.165) is 28.6 Å². The minimum atomic E-state index is 1.01. The lowest BCUT2D eigenvalue weighted by atomic mass is 10.1. The summed E-state index contributed by atoms with van der Waals surface area (Å²) in [5.41, 5.74) is 6.24. The number of fused-ring (bicyclic) bond motifs is 3. The summed E-state index contributed by atoms with van der Waals surface area (Å²) < 4.78 is 0. The Kier molecular flexibility index (Phi) is 38.0. The quantitative estimate of drug-likeness (QED) is 0.412. The molecule has 1 aromatic carbocycles. The molecule has 0 atom stereocenters. The van der Waals surface area contributed by atoms with Crippen molar-refractivity contribution in [3.8, 4) is 0 Å². The maximum Gasteiger partial charge on any atom is 0.0943 e. The van der Waals surface area contributed by atoms with Gasteiger partial charge in [-0.05, 0) is 18.6 Å². The van der Waals surface area contributed by atoms with Crippen LogP contribution in [0.3, 0.4) is 0 Å². The smallest absolute Gasteiger partial charge is 0.0943 e. The Morgan fingerprint density at radius 3 is 1.81 bits per heavy atom. The second-order valence-corrected chi connectivity index (χ2v) is 5.00. The van der Waals surface area contributed by atoms with Gasteiger partial charge in [0.15, 0.2) is 0 Å². The van der Waals surface area contributed by atoms with E-state index in [1.54, 1.807) is 6.20 Å². The van der Waals surface area contributed by atoms with Gasteiger partial charge in [-0.3, -0.25) is 4.98 Å². The van der Waals surface area contributed by atoms with Gasteiger partial charge in [0.1, 0.15) is 0 Å². The Morgan fingerprint density at radius 2 is 1.34 bits per heavy atom. The maximum absolute atomic E-state index is 4.36. The van der Waals surface area contributed by atoms with Crippen LogP contribution in [-0.2, 0) is 0 Å². The number of anilines is 1. The highest BCUT2D eigenvalue weighted by Gasteiger charge is 2.06. The maximum atomic E-state index is 4.36. The van der Waals surface area contributed by atoms with E-state index in [1.807, 2.05) is 87.6 Å². The van der Waals surface area contributed by atoms with E-state index in [1.165, 1.54) is 6.42 Å². The summed E-state index contributed by atoms with van der Waals surface area (Å²) in [7, 11) is 0. The predicted molar refractivity (Wildman–Crippen MR) is 154 cm³/mol. The summed E-state index contributed by atoms with van der Waals surface area (Å²) in [6.07, 6.45) is 16.3. The first-order chi connectivity index (χ1) is 15.9. The number of nitrogens with one attached hydrogen (secondary N) is 1. The van der Waals surface area contributed by atoms with Gasteiger partial charge in [-0.1, -0.05) is 132 Å². The van der Waals surface area contributed by atoms with Crippen molar-refractivity contribution in [2.75, 3.05) is 5.32 Å². The zero-order chi connectivity index (χ0) is 25.6. The van der Waals surface area contributed by atoms with Gasteiger partial charge in [-0.25, -0.2) is 0 Å². The first-order valence-corrected chi connectivity index (χ1v) is 12.7. The molecule has 1 aromatic heterocycles. The summed E-state index contributed by atoms with van der Waals surface area (Å²) in [5, 5.41) is 4.33. The molecule has 2 heteroatoms. The van der Waals surface area contributed by atoms with E-state index in [0.29, 0.717) is 0 Å². The highest BCUT2D eigenvalue weighted by molar-refractivity contribution is 5.95. The molecule has 1 aliphatic carbocycles. The van der Waals surface area contributed by atoms with Crippen molar-refractivity contribution in [1.29, 1.82) is 0 Å². The van der Waals surface area contributed by atoms with Crippen molar-refractivity contribution in [3.05, 3.63) is 72.3 Å². The number of nitrogens with zero attached hydrogens (tertiary/aromatic N) is 1.